The Labute approximate surface area is 145 Å². The fourth-order valence-corrected chi connectivity index (χ4v) is 3.42. The molecule has 0 aliphatic heterocycles. The maximum absolute atomic E-state index is 12.3. The van der Waals surface area contributed by atoms with Crippen LogP contribution in [-0.4, -0.2) is 25.9 Å². The summed E-state index contributed by atoms with van der Waals surface area (Å²) >= 11 is 5.96. The van der Waals surface area contributed by atoms with Crippen molar-refractivity contribution in [2.45, 2.75) is 11.8 Å². The first-order chi connectivity index (χ1) is 11.3. The van der Waals surface area contributed by atoms with Crippen molar-refractivity contribution < 1.29 is 13.2 Å². The van der Waals surface area contributed by atoms with Crippen LogP contribution in [0.3, 0.4) is 0 Å². The van der Waals surface area contributed by atoms with E-state index in [2.05, 4.69) is 21.6 Å². The molecule has 126 valence electrons. The van der Waals surface area contributed by atoms with Crippen LogP contribution in [0.2, 0.25) is 5.02 Å². The lowest BCUT2D eigenvalue weighted by atomic mass is 10.2. The maximum atomic E-state index is 12.3. The molecule has 1 heterocycles. The van der Waals surface area contributed by atoms with Gasteiger partial charge in [0.1, 0.15) is 10.7 Å². The average Bonchev–Trinajstić information content (AvgIpc) is 2.55. The van der Waals surface area contributed by atoms with Crippen LogP contribution in [0.15, 0.2) is 54.1 Å². The van der Waals surface area contributed by atoms with E-state index in [4.69, 9.17) is 11.6 Å². The fourth-order valence-electron chi connectivity index (χ4n) is 1.89. The molecule has 0 aliphatic carbocycles. The lowest BCUT2D eigenvalue weighted by molar-refractivity contribution is 0.102. The zero-order valence-electron chi connectivity index (χ0n) is 12.9. The van der Waals surface area contributed by atoms with Crippen LogP contribution in [0.5, 0.6) is 0 Å². The van der Waals surface area contributed by atoms with Crippen LogP contribution < -0.4 is 10.0 Å². The molecular formula is C16H16ClN3O3S. The van der Waals surface area contributed by atoms with Crippen LogP contribution in [0.25, 0.3) is 0 Å². The summed E-state index contributed by atoms with van der Waals surface area (Å²) in [6.07, 6.45) is 2.96. The van der Waals surface area contributed by atoms with E-state index >= 15 is 0 Å². The number of carbonyl (C=O) groups excluding carboxylic acids is 1. The predicted octanol–water partition coefficient (Wildman–Crippen LogP) is 2.76. The number of amides is 1. The Morgan fingerprint density at radius 1 is 1.38 bits per heavy atom. The monoisotopic (exact) mass is 365 g/mol. The van der Waals surface area contributed by atoms with Gasteiger partial charge in [-0.3, -0.25) is 4.79 Å². The second-order valence-corrected chi connectivity index (χ2v) is 7.05. The summed E-state index contributed by atoms with van der Waals surface area (Å²) in [6.45, 7) is 5.31. The number of anilines is 1. The van der Waals surface area contributed by atoms with Crippen molar-refractivity contribution in [1.29, 1.82) is 0 Å². The van der Waals surface area contributed by atoms with E-state index in [0.29, 0.717) is 5.82 Å². The van der Waals surface area contributed by atoms with Gasteiger partial charge in [-0.25, -0.2) is 18.1 Å². The Morgan fingerprint density at radius 2 is 2.12 bits per heavy atom. The number of carbonyl (C=O) groups is 1. The third-order valence-electron chi connectivity index (χ3n) is 3.14. The van der Waals surface area contributed by atoms with Crippen LogP contribution >= 0.6 is 11.6 Å². The summed E-state index contributed by atoms with van der Waals surface area (Å²) in [5.74, 6) is -0.0692. The lowest BCUT2D eigenvalue weighted by Gasteiger charge is -2.10. The van der Waals surface area contributed by atoms with Gasteiger partial charge in [0.2, 0.25) is 10.0 Å². The van der Waals surface area contributed by atoms with Gasteiger partial charge in [0.05, 0.1) is 5.02 Å². The topological polar surface area (TPSA) is 88.2 Å². The zero-order valence-corrected chi connectivity index (χ0v) is 14.5. The van der Waals surface area contributed by atoms with Crippen molar-refractivity contribution in [1.82, 2.24) is 9.71 Å². The molecule has 0 aliphatic rings. The first-order valence-electron chi connectivity index (χ1n) is 6.98. The van der Waals surface area contributed by atoms with Gasteiger partial charge in [0.25, 0.3) is 5.91 Å². The molecule has 0 bridgehead atoms. The van der Waals surface area contributed by atoms with E-state index < -0.39 is 15.9 Å². The Kier molecular flexibility index (Phi) is 5.71. The van der Waals surface area contributed by atoms with E-state index in [9.17, 15) is 13.2 Å². The number of rotatable bonds is 6. The Morgan fingerprint density at radius 3 is 2.79 bits per heavy atom. The van der Waals surface area contributed by atoms with Gasteiger partial charge >= 0.3 is 0 Å². The standard InChI is InChI=1S/C16H16ClN3O3S/c1-3-8-19-24(22,23)14-10-12(6-7-13(14)17)16(21)20-15-11(2)5-4-9-18-15/h3-7,9-10,19H,1,8H2,2H3,(H,18,20,21). The van der Waals surface area contributed by atoms with E-state index in [1.165, 1.54) is 24.3 Å². The van der Waals surface area contributed by atoms with Crippen LogP contribution in [0, 0.1) is 6.92 Å². The molecule has 0 fully saturated rings. The van der Waals surface area contributed by atoms with Gasteiger partial charge < -0.3 is 5.32 Å². The summed E-state index contributed by atoms with van der Waals surface area (Å²) in [6, 6.07) is 7.59. The number of nitrogens with one attached hydrogen (secondary N) is 2. The molecule has 0 saturated carbocycles. The minimum Gasteiger partial charge on any atom is -0.306 e. The third-order valence-corrected chi connectivity index (χ3v) is 5.05. The van der Waals surface area contributed by atoms with Crippen LogP contribution in [0.4, 0.5) is 5.82 Å². The van der Waals surface area contributed by atoms with E-state index in [1.807, 2.05) is 0 Å². The number of sulfonamides is 1. The molecule has 0 saturated heterocycles. The molecule has 0 radical (unpaired) electrons. The number of hydrogen-bond donors (Lipinski definition) is 2. The minimum atomic E-state index is -3.84. The molecule has 0 spiro atoms. The summed E-state index contributed by atoms with van der Waals surface area (Å²) in [5, 5.41) is 2.67. The Balaban J connectivity index is 2.32. The number of pyridine rings is 1. The molecule has 0 unspecified atom stereocenters. The highest BCUT2D eigenvalue weighted by Gasteiger charge is 2.20. The smallest absolute Gasteiger partial charge is 0.256 e. The Hall–Kier alpha value is -2.22. The predicted molar refractivity (Wildman–Crippen MR) is 93.8 cm³/mol. The van der Waals surface area contributed by atoms with Crippen molar-refractivity contribution >= 4 is 33.3 Å². The van der Waals surface area contributed by atoms with Gasteiger partial charge in [-0.1, -0.05) is 23.7 Å². The molecular weight excluding hydrogens is 350 g/mol. The number of aromatic nitrogens is 1. The van der Waals surface area contributed by atoms with Crippen molar-refractivity contribution in [3.05, 3.63) is 65.3 Å². The highest BCUT2D eigenvalue weighted by molar-refractivity contribution is 7.89. The number of aryl methyl sites for hydroxylation is 1. The van der Waals surface area contributed by atoms with Crippen LogP contribution in [0.1, 0.15) is 15.9 Å². The quantitative estimate of drug-likeness (QED) is 0.770. The molecule has 24 heavy (non-hydrogen) atoms. The lowest BCUT2D eigenvalue weighted by Crippen LogP contribution is -2.24. The molecule has 2 N–H and O–H groups in total. The van der Waals surface area contributed by atoms with Crippen molar-refractivity contribution in [3.8, 4) is 0 Å². The second-order valence-electron chi connectivity index (χ2n) is 4.91. The van der Waals surface area contributed by atoms with Crippen molar-refractivity contribution in [2.24, 2.45) is 0 Å². The van der Waals surface area contributed by atoms with Gasteiger partial charge in [0.15, 0.2) is 0 Å². The van der Waals surface area contributed by atoms with Crippen molar-refractivity contribution in [2.75, 3.05) is 11.9 Å². The SMILES string of the molecule is C=CCNS(=O)(=O)c1cc(C(=O)Nc2ncccc2C)ccc1Cl. The second kappa shape index (κ2) is 7.57. The summed E-state index contributed by atoms with van der Waals surface area (Å²) in [4.78, 5) is 16.2. The molecule has 1 aromatic carbocycles. The highest BCUT2D eigenvalue weighted by atomic mass is 35.5. The number of halogens is 1. The normalized spacial score (nSPS) is 11.1. The molecule has 1 amide bonds. The van der Waals surface area contributed by atoms with Gasteiger partial charge in [0, 0.05) is 18.3 Å². The Bertz CT molecular complexity index is 882. The first kappa shape index (κ1) is 18.1. The minimum absolute atomic E-state index is 0.0251. The molecule has 8 heteroatoms. The number of benzene rings is 1. The third kappa shape index (κ3) is 4.19. The van der Waals surface area contributed by atoms with Gasteiger partial charge in [-0.05, 0) is 36.8 Å². The largest absolute Gasteiger partial charge is 0.306 e. The van der Waals surface area contributed by atoms with E-state index in [0.717, 1.165) is 5.56 Å². The van der Waals surface area contributed by atoms with Crippen LogP contribution in [-0.2, 0) is 10.0 Å². The first-order valence-corrected chi connectivity index (χ1v) is 8.84. The maximum Gasteiger partial charge on any atom is 0.256 e. The highest BCUT2D eigenvalue weighted by Crippen LogP contribution is 2.23. The molecule has 2 aromatic rings. The fraction of sp³-hybridized carbons (Fsp3) is 0.125. The molecule has 2 rings (SSSR count). The summed E-state index contributed by atoms with van der Waals surface area (Å²) < 4.78 is 26.7. The average molecular weight is 366 g/mol. The van der Waals surface area contributed by atoms with Crippen molar-refractivity contribution in [3.63, 3.8) is 0 Å². The van der Waals surface area contributed by atoms with E-state index in [-0.39, 0.29) is 22.0 Å². The number of hydrogen-bond acceptors (Lipinski definition) is 4. The molecule has 1 aromatic heterocycles. The van der Waals surface area contributed by atoms with Gasteiger partial charge in [-0.15, -0.1) is 6.58 Å². The van der Waals surface area contributed by atoms with Gasteiger partial charge in [-0.2, -0.15) is 0 Å². The number of nitrogens with zero attached hydrogens (tertiary/aromatic N) is 1. The summed E-state index contributed by atoms with van der Waals surface area (Å²) in [5.41, 5.74) is 0.948. The molecule has 6 nitrogen and oxygen atoms in total. The summed E-state index contributed by atoms with van der Waals surface area (Å²) in [7, 11) is -3.84. The molecule has 0 atom stereocenters. The van der Waals surface area contributed by atoms with E-state index in [1.54, 1.807) is 25.3 Å². The zero-order chi connectivity index (χ0) is 17.7.